The Kier molecular flexibility index (Phi) is 3.13. The number of nitrogen functional groups attached to an aromatic ring is 1. The smallest absolute Gasteiger partial charge is 0.167 e. The zero-order valence-corrected chi connectivity index (χ0v) is 10.5. The minimum atomic E-state index is -0.409. The Labute approximate surface area is 101 Å². The van der Waals surface area contributed by atoms with Gasteiger partial charge in [-0.05, 0) is 19.3 Å². The highest BCUT2D eigenvalue weighted by molar-refractivity contribution is 5.70. The molecule has 2 rings (SSSR count). The fourth-order valence-electron chi connectivity index (χ4n) is 2.60. The van der Waals surface area contributed by atoms with E-state index in [1.807, 2.05) is 0 Å². The third-order valence-electron chi connectivity index (χ3n) is 3.39. The molecule has 1 aliphatic rings. The van der Waals surface area contributed by atoms with E-state index in [4.69, 9.17) is 10.5 Å². The van der Waals surface area contributed by atoms with Crippen LogP contribution in [0.5, 0.6) is 5.75 Å². The van der Waals surface area contributed by atoms with E-state index in [9.17, 15) is 4.39 Å². The van der Waals surface area contributed by atoms with Crippen LogP contribution in [0, 0.1) is 11.7 Å². The number of hydrogen-bond donors (Lipinski definition) is 1. The van der Waals surface area contributed by atoms with Crippen LogP contribution in [0.1, 0.15) is 20.3 Å². The first-order valence-electron chi connectivity index (χ1n) is 5.92. The van der Waals surface area contributed by atoms with Gasteiger partial charge >= 0.3 is 0 Å². The van der Waals surface area contributed by atoms with E-state index in [2.05, 4.69) is 18.7 Å². The SMILES string of the molecule is COc1cc(N2CC(C)CC2C)c(N)cc1F. The van der Waals surface area contributed by atoms with Crippen molar-refractivity contribution < 1.29 is 9.13 Å². The summed E-state index contributed by atoms with van der Waals surface area (Å²) in [5.41, 5.74) is 7.25. The van der Waals surface area contributed by atoms with E-state index in [0.717, 1.165) is 18.7 Å². The molecule has 1 fully saturated rings. The first kappa shape index (κ1) is 12.0. The van der Waals surface area contributed by atoms with Gasteiger partial charge in [0.05, 0.1) is 18.5 Å². The molecule has 0 aliphatic carbocycles. The molecule has 2 atom stereocenters. The Morgan fingerprint density at radius 1 is 1.41 bits per heavy atom. The maximum Gasteiger partial charge on any atom is 0.167 e. The van der Waals surface area contributed by atoms with Crippen molar-refractivity contribution in [3.63, 3.8) is 0 Å². The number of nitrogens with zero attached hydrogens (tertiary/aromatic N) is 1. The first-order chi connectivity index (χ1) is 8.02. The highest BCUT2D eigenvalue weighted by atomic mass is 19.1. The lowest BCUT2D eigenvalue weighted by atomic mass is 10.1. The van der Waals surface area contributed by atoms with Gasteiger partial charge in [-0.1, -0.05) is 6.92 Å². The zero-order chi connectivity index (χ0) is 12.6. The van der Waals surface area contributed by atoms with Crippen molar-refractivity contribution >= 4 is 11.4 Å². The Hall–Kier alpha value is -1.45. The second-order valence-corrected chi connectivity index (χ2v) is 4.89. The van der Waals surface area contributed by atoms with E-state index in [1.165, 1.54) is 13.2 Å². The second kappa shape index (κ2) is 4.43. The molecule has 1 aliphatic heterocycles. The lowest BCUT2D eigenvalue weighted by Gasteiger charge is -2.26. The molecule has 1 aromatic rings. The van der Waals surface area contributed by atoms with Gasteiger partial charge in [-0.3, -0.25) is 0 Å². The predicted octanol–water partition coefficient (Wildman–Crippen LogP) is 2.65. The molecule has 1 heterocycles. The normalized spacial score (nSPS) is 24.1. The number of nitrogens with two attached hydrogens (primary N) is 1. The van der Waals surface area contributed by atoms with E-state index in [0.29, 0.717) is 17.6 Å². The number of anilines is 2. The molecule has 4 heteroatoms. The standard InChI is InChI=1S/C13H19FN2O/c1-8-4-9(2)16(7-8)12-6-13(17-3)10(14)5-11(12)15/h5-6,8-9H,4,7,15H2,1-3H3. The number of rotatable bonds is 2. The van der Waals surface area contributed by atoms with Gasteiger partial charge in [0.1, 0.15) is 0 Å². The van der Waals surface area contributed by atoms with Gasteiger partial charge in [-0.2, -0.15) is 0 Å². The third kappa shape index (κ3) is 2.16. The van der Waals surface area contributed by atoms with Crippen molar-refractivity contribution in [1.29, 1.82) is 0 Å². The Morgan fingerprint density at radius 2 is 2.12 bits per heavy atom. The Bertz CT molecular complexity index is 422. The van der Waals surface area contributed by atoms with Crippen LogP contribution >= 0.6 is 0 Å². The minimum Gasteiger partial charge on any atom is -0.494 e. The summed E-state index contributed by atoms with van der Waals surface area (Å²) in [6.07, 6.45) is 1.14. The van der Waals surface area contributed by atoms with E-state index >= 15 is 0 Å². The fraction of sp³-hybridized carbons (Fsp3) is 0.538. The number of halogens is 1. The van der Waals surface area contributed by atoms with Crippen molar-refractivity contribution in [3.8, 4) is 5.75 Å². The molecule has 2 N–H and O–H groups in total. The lowest BCUT2D eigenvalue weighted by molar-refractivity contribution is 0.386. The van der Waals surface area contributed by atoms with E-state index in [-0.39, 0.29) is 5.75 Å². The molecule has 1 aromatic carbocycles. The fourth-order valence-corrected chi connectivity index (χ4v) is 2.60. The molecular formula is C13H19FN2O. The number of benzene rings is 1. The van der Waals surface area contributed by atoms with Crippen LogP contribution in [0.3, 0.4) is 0 Å². The molecule has 1 saturated heterocycles. The van der Waals surface area contributed by atoms with Crippen LogP contribution in [-0.4, -0.2) is 19.7 Å². The Morgan fingerprint density at radius 3 is 2.65 bits per heavy atom. The number of ether oxygens (including phenoxy) is 1. The maximum atomic E-state index is 13.5. The van der Waals surface area contributed by atoms with Gasteiger partial charge in [0.2, 0.25) is 0 Å². The van der Waals surface area contributed by atoms with Gasteiger partial charge in [-0.15, -0.1) is 0 Å². The number of hydrogen-bond acceptors (Lipinski definition) is 3. The van der Waals surface area contributed by atoms with Crippen molar-refractivity contribution in [2.75, 3.05) is 24.3 Å². The molecule has 3 nitrogen and oxygen atoms in total. The summed E-state index contributed by atoms with van der Waals surface area (Å²) in [5.74, 6) is 0.482. The van der Waals surface area contributed by atoms with Crippen LogP contribution in [0.25, 0.3) is 0 Å². The summed E-state index contributed by atoms with van der Waals surface area (Å²) < 4.78 is 18.5. The molecule has 0 saturated carbocycles. The van der Waals surface area contributed by atoms with Crippen LogP contribution in [0.15, 0.2) is 12.1 Å². The summed E-state index contributed by atoms with van der Waals surface area (Å²) in [5, 5.41) is 0. The average Bonchev–Trinajstić information content (AvgIpc) is 2.58. The topological polar surface area (TPSA) is 38.5 Å². The summed E-state index contributed by atoms with van der Waals surface area (Å²) in [7, 11) is 1.47. The highest BCUT2D eigenvalue weighted by Gasteiger charge is 2.28. The molecule has 0 amide bonds. The summed E-state index contributed by atoms with van der Waals surface area (Å²) in [6.45, 7) is 5.34. The molecule has 17 heavy (non-hydrogen) atoms. The second-order valence-electron chi connectivity index (χ2n) is 4.89. The molecule has 2 unspecified atom stereocenters. The van der Waals surface area contributed by atoms with Crippen LogP contribution < -0.4 is 15.4 Å². The molecule has 0 bridgehead atoms. The summed E-state index contributed by atoms with van der Waals surface area (Å²) in [4.78, 5) is 2.22. The van der Waals surface area contributed by atoms with E-state index < -0.39 is 5.82 Å². The number of methoxy groups -OCH3 is 1. The van der Waals surface area contributed by atoms with Crippen LogP contribution in [0.4, 0.5) is 15.8 Å². The third-order valence-corrected chi connectivity index (χ3v) is 3.39. The molecule has 0 aromatic heterocycles. The monoisotopic (exact) mass is 238 g/mol. The van der Waals surface area contributed by atoms with Gasteiger partial charge in [0.25, 0.3) is 0 Å². The zero-order valence-electron chi connectivity index (χ0n) is 10.5. The van der Waals surface area contributed by atoms with Gasteiger partial charge in [0.15, 0.2) is 11.6 Å². The van der Waals surface area contributed by atoms with E-state index in [1.54, 1.807) is 6.07 Å². The predicted molar refractivity (Wildman–Crippen MR) is 68.0 cm³/mol. The van der Waals surface area contributed by atoms with Crippen LogP contribution in [-0.2, 0) is 0 Å². The minimum absolute atomic E-state index is 0.251. The lowest BCUT2D eigenvalue weighted by Crippen LogP contribution is -2.27. The van der Waals surface area contributed by atoms with Crippen LogP contribution in [0.2, 0.25) is 0 Å². The van der Waals surface area contributed by atoms with Gasteiger partial charge in [-0.25, -0.2) is 4.39 Å². The van der Waals surface area contributed by atoms with Crippen molar-refractivity contribution in [2.24, 2.45) is 5.92 Å². The molecule has 94 valence electrons. The molecular weight excluding hydrogens is 219 g/mol. The highest BCUT2D eigenvalue weighted by Crippen LogP contribution is 2.36. The largest absolute Gasteiger partial charge is 0.494 e. The quantitative estimate of drug-likeness (QED) is 0.805. The summed E-state index contributed by atoms with van der Waals surface area (Å²) in [6, 6.07) is 3.46. The van der Waals surface area contributed by atoms with Crippen molar-refractivity contribution in [3.05, 3.63) is 17.9 Å². The average molecular weight is 238 g/mol. The molecule has 0 radical (unpaired) electrons. The maximum absolute atomic E-state index is 13.5. The van der Waals surface area contributed by atoms with Gasteiger partial charge < -0.3 is 15.4 Å². The van der Waals surface area contributed by atoms with Gasteiger partial charge in [0, 0.05) is 24.7 Å². The van der Waals surface area contributed by atoms with Crippen molar-refractivity contribution in [1.82, 2.24) is 0 Å². The Balaban J connectivity index is 2.38. The summed E-state index contributed by atoms with van der Waals surface area (Å²) >= 11 is 0. The molecule has 0 spiro atoms. The first-order valence-corrected chi connectivity index (χ1v) is 5.92. The van der Waals surface area contributed by atoms with Crippen molar-refractivity contribution in [2.45, 2.75) is 26.3 Å².